The third kappa shape index (κ3) is 4.99. The highest BCUT2D eigenvalue weighted by Crippen LogP contribution is 2.25. The summed E-state index contributed by atoms with van der Waals surface area (Å²) < 4.78 is 5.39. The maximum atomic E-state index is 12.8. The Morgan fingerprint density at radius 1 is 0.844 bits per heavy atom. The molecule has 2 aromatic carbocycles. The zero-order valence-electron chi connectivity index (χ0n) is 17.0. The van der Waals surface area contributed by atoms with Crippen LogP contribution in [0.3, 0.4) is 0 Å². The van der Waals surface area contributed by atoms with Crippen molar-refractivity contribution in [1.29, 1.82) is 0 Å². The number of hydrazine groups is 1. The van der Waals surface area contributed by atoms with Gasteiger partial charge >= 0.3 is 0 Å². The van der Waals surface area contributed by atoms with E-state index in [9.17, 15) is 14.4 Å². The SMILES string of the molecule is O=C(Cc1ccccc1)NCC(=O)NNC(=O)c1cc(-c2ccco2)nc2ccccc12. The number of furan rings is 1. The van der Waals surface area contributed by atoms with Gasteiger partial charge in [-0.2, -0.15) is 0 Å². The van der Waals surface area contributed by atoms with Crippen LogP contribution < -0.4 is 16.2 Å². The zero-order chi connectivity index (χ0) is 22.3. The van der Waals surface area contributed by atoms with Crippen molar-refractivity contribution in [2.45, 2.75) is 6.42 Å². The summed E-state index contributed by atoms with van der Waals surface area (Å²) in [4.78, 5) is 41.4. The van der Waals surface area contributed by atoms with Crippen molar-refractivity contribution >= 4 is 28.6 Å². The van der Waals surface area contributed by atoms with Crippen molar-refractivity contribution in [2.24, 2.45) is 0 Å². The van der Waals surface area contributed by atoms with Crippen LogP contribution >= 0.6 is 0 Å². The van der Waals surface area contributed by atoms with E-state index < -0.39 is 11.8 Å². The van der Waals surface area contributed by atoms with Crippen molar-refractivity contribution in [2.75, 3.05) is 6.54 Å². The number of carbonyl (C=O) groups is 3. The van der Waals surface area contributed by atoms with Crippen LogP contribution in [0.15, 0.2) is 83.5 Å². The topological polar surface area (TPSA) is 113 Å². The molecule has 3 amide bonds. The van der Waals surface area contributed by atoms with Crippen LogP contribution in [0.1, 0.15) is 15.9 Å². The van der Waals surface area contributed by atoms with Crippen LogP contribution in [0, 0.1) is 0 Å². The van der Waals surface area contributed by atoms with E-state index in [0.29, 0.717) is 27.9 Å². The molecule has 0 spiro atoms. The van der Waals surface area contributed by atoms with Crippen molar-refractivity contribution in [3.8, 4) is 11.5 Å². The highest BCUT2D eigenvalue weighted by Gasteiger charge is 2.16. The van der Waals surface area contributed by atoms with Crippen LogP contribution in [-0.4, -0.2) is 29.3 Å². The van der Waals surface area contributed by atoms with Crippen LogP contribution in [-0.2, 0) is 16.0 Å². The number of pyridine rings is 1. The average Bonchev–Trinajstić information content (AvgIpc) is 3.36. The molecule has 0 fully saturated rings. The fourth-order valence-electron chi connectivity index (χ4n) is 3.17. The van der Waals surface area contributed by atoms with Gasteiger partial charge in [-0.1, -0.05) is 48.5 Å². The van der Waals surface area contributed by atoms with Gasteiger partial charge in [0.15, 0.2) is 5.76 Å². The lowest BCUT2D eigenvalue weighted by atomic mass is 10.1. The number of hydrogen-bond donors (Lipinski definition) is 3. The first-order valence-corrected chi connectivity index (χ1v) is 9.93. The molecular formula is C24H20N4O4. The molecule has 2 aromatic heterocycles. The van der Waals surface area contributed by atoms with Gasteiger partial charge in [0, 0.05) is 5.39 Å². The summed E-state index contributed by atoms with van der Waals surface area (Å²) in [6.45, 7) is -0.263. The quantitative estimate of drug-likeness (QED) is 0.409. The van der Waals surface area contributed by atoms with E-state index in [1.54, 1.807) is 36.4 Å². The number of amides is 3. The Kier molecular flexibility index (Phi) is 6.22. The standard InChI is InChI=1S/C24H20N4O4/c29-22(13-16-7-2-1-3-8-16)25-15-23(30)27-28-24(31)18-14-20(21-11-6-12-32-21)26-19-10-5-4-9-17(18)19/h1-12,14H,13,15H2,(H,25,29)(H,27,30)(H,28,31). The fraction of sp³-hybridized carbons (Fsp3) is 0.0833. The highest BCUT2D eigenvalue weighted by atomic mass is 16.3. The van der Waals surface area contributed by atoms with E-state index in [4.69, 9.17) is 4.42 Å². The molecule has 0 saturated carbocycles. The molecule has 32 heavy (non-hydrogen) atoms. The summed E-state index contributed by atoms with van der Waals surface area (Å²) in [5, 5.41) is 3.16. The summed E-state index contributed by atoms with van der Waals surface area (Å²) in [5.74, 6) is -0.833. The van der Waals surface area contributed by atoms with E-state index in [-0.39, 0.29) is 18.9 Å². The maximum absolute atomic E-state index is 12.8. The van der Waals surface area contributed by atoms with Crippen molar-refractivity contribution in [3.05, 3.63) is 90.2 Å². The first-order valence-electron chi connectivity index (χ1n) is 9.93. The molecule has 3 N–H and O–H groups in total. The van der Waals surface area contributed by atoms with Gasteiger partial charge in [0.2, 0.25) is 5.91 Å². The number of rotatable bonds is 6. The van der Waals surface area contributed by atoms with Gasteiger partial charge in [-0.05, 0) is 29.8 Å². The molecule has 0 aliphatic heterocycles. The monoisotopic (exact) mass is 428 g/mol. The normalized spacial score (nSPS) is 10.5. The Hall–Kier alpha value is -4.46. The van der Waals surface area contributed by atoms with E-state index in [1.165, 1.54) is 6.26 Å². The van der Waals surface area contributed by atoms with Crippen LogP contribution in [0.4, 0.5) is 0 Å². The Balaban J connectivity index is 1.38. The molecule has 0 bridgehead atoms. The van der Waals surface area contributed by atoms with Gasteiger partial charge in [-0.3, -0.25) is 25.2 Å². The molecule has 2 heterocycles. The Labute approximate surface area is 183 Å². The first kappa shape index (κ1) is 20.8. The van der Waals surface area contributed by atoms with Crippen LogP contribution in [0.2, 0.25) is 0 Å². The molecule has 4 rings (SSSR count). The molecule has 0 aliphatic rings. The number of nitrogens with zero attached hydrogens (tertiary/aromatic N) is 1. The van der Waals surface area contributed by atoms with Crippen LogP contribution in [0.25, 0.3) is 22.4 Å². The third-order valence-electron chi connectivity index (χ3n) is 4.70. The van der Waals surface area contributed by atoms with Gasteiger partial charge in [0.25, 0.3) is 11.8 Å². The first-order chi connectivity index (χ1) is 15.6. The average molecular weight is 428 g/mol. The number of nitrogens with one attached hydrogen (secondary N) is 3. The van der Waals surface area contributed by atoms with Gasteiger partial charge < -0.3 is 9.73 Å². The van der Waals surface area contributed by atoms with Crippen molar-refractivity contribution < 1.29 is 18.8 Å². The molecule has 8 nitrogen and oxygen atoms in total. The minimum Gasteiger partial charge on any atom is -0.463 e. The minimum atomic E-state index is -0.551. The minimum absolute atomic E-state index is 0.166. The second-order valence-corrected chi connectivity index (χ2v) is 6.99. The Bertz CT molecular complexity index is 1250. The van der Waals surface area contributed by atoms with E-state index in [2.05, 4.69) is 21.2 Å². The third-order valence-corrected chi connectivity index (χ3v) is 4.70. The van der Waals surface area contributed by atoms with E-state index in [0.717, 1.165) is 5.56 Å². The van der Waals surface area contributed by atoms with E-state index in [1.807, 2.05) is 36.4 Å². The van der Waals surface area contributed by atoms with Gasteiger partial charge in [-0.15, -0.1) is 0 Å². The Morgan fingerprint density at radius 2 is 1.62 bits per heavy atom. The summed E-state index contributed by atoms with van der Waals surface area (Å²) in [5.41, 5.74) is 7.00. The summed E-state index contributed by atoms with van der Waals surface area (Å²) in [6, 6.07) is 21.5. The largest absolute Gasteiger partial charge is 0.463 e. The number of carbonyl (C=O) groups excluding carboxylic acids is 3. The molecule has 0 radical (unpaired) electrons. The van der Waals surface area contributed by atoms with Gasteiger partial charge in [-0.25, -0.2) is 4.98 Å². The molecular weight excluding hydrogens is 408 g/mol. The van der Waals surface area contributed by atoms with Crippen molar-refractivity contribution in [3.63, 3.8) is 0 Å². The summed E-state index contributed by atoms with van der Waals surface area (Å²) in [7, 11) is 0. The predicted octanol–water partition coefficient (Wildman–Crippen LogP) is 2.61. The summed E-state index contributed by atoms with van der Waals surface area (Å²) in [6.07, 6.45) is 1.69. The lowest BCUT2D eigenvalue weighted by Crippen LogP contribution is -2.46. The lowest BCUT2D eigenvalue weighted by Gasteiger charge is -2.11. The highest BCUT2D eigenvalue weighted by molar-refractivity contribution is 6.07. The molecule has 0 saturated heterocycles. The second kappa shape index (κ2) is 9.57. The number of aromatic nitrogens is 1. The smallest absolute Gasteiger partial charge is 0.270 e. The summed E-state index contributed by atoms with van der Waals surface area (Å²) >= 11 is 0. The van der Waals surface area contributed by atoms with E-state index >= 15 is 0 Å². The molecule has 4 aromatic rings. The molecule has 160 valence electrons. The van der Waals surface area contributed by atoms with Gasteiger partial charge in [0.1, 0.15) is 5.69 Å². The zero-order valence-corrected chi connectivity index (χ0v) is 17.0. The maximum Gasteiger partial charge on any atom is 0.270 e. The fourth-order valence-corrected chi connectivity index (χ4v) is 3.17. The molecule has 0 aliphatic carbocycles. The number of benzene rings is 2. The Morgan fingerprint density at radius 3 is 2.41 bits per heavy atom. The predicted molar refractivity (Wildman–Crippen MR) is 118 cm³/mol. The number of fused-ring (bicyclic) bond motifs is 1. The van der Waals surface area contributed by atoms with Gasteiger partial charge in [0.05, 0.1) is 30.3 Å². The van der Waals surface area contributed by atoms with Crippen molar-refractivity contribution in [1.82, 2.24) is 21.2 Å². The number of hydrogen-bond acceptors (Lipinski definition) is 5. The molecule has 0 atom stereocenters. The molecule has 8 heteroatoms. The van der Waals surface area contributed by atoms with Crippen LogP contribution in [0.5, 0.6) is 0 Å². The second-order valence-electron chi connectivity index (χ2n) is 6.99. The molecule has 0 unspecified atom stereocenters. The lowest BCUT2D eigenvalue weighted by molar-refractivity contribution is -0.126. The number of para-hydroxylation sites is 1.